The van der Waals surface area contributed by atoms with Crippen LogP contribution in [0.15, 0.2) is 47.4 Å². The van der Waals surface area contributed by atoms with Crippen molar-refractivity contribution >= 4 is 11.6 Å². The molecule has 0 aliphatic carbocycles. The Morgan fingerprint density at radius 1 is 1.25 bits per heavy atom. The molecule has 1 saturated heterocycles. The molecule has 10 nitrogen and oxygen atoms in total. The maximum absolute atomic E-state index is 13.1. The summed E-state index contributed by atoms with van der Waals surface area (Å²) in [4.78, 5) is 29.1. The number of carbonyl (C=O) groups is 1. The number of aliphatic hydroxyl groups is 3. The van der Waals surface area contributed by atoms with Gasteiger partial charge in [-0.05, 0) is 18.1 Å². The van der Waals surface area contributed by atoms with Crippen LogP contribution in [0, 0.1) is 0 Å². The lowest BCUT2D eigenvalue weighted by Crippen LogP contribution is -2.56. The van der Waals surface area contributed by atoms with Crippen molar-refractivity contribution in [3.63, 3.8) is 0 Å². The Labute approximate surface area is 159 Å². The first-order valence-corrected chi connectivity index (χ1v) is 8.66. The predicted molar refractivity (Wildman–Crippen MR) is 95.6 cm³/mol. The van der Waals surface area contributed by atoms with Gasteiger partial charge in [-0.3, -0.25) is 20.0 Å². The molecule has 1 fully saturated rings. The van der Waals surface area contributed by atoms with Crippen LogP contribution < -0.4 is 11.2 Å². The highest BCUT2D eigenvalue weighted by molar-refractivity contribution is 5.86. The summed E-state index contributed by atoms with van der Waals surface area (Å²) in [6.45, 7) is -0.662. The van der Waals surface area contributed by atoms with Gasteiger partial charge in [-0.25, -0.2) is 4.79 Å². The minimum absolute atomic E-state index is 0.0988. The van der Waals surface area contributed by atoms with Crippen LogP contribution in [0.5, 0.6) is 0 Å². The van der Waals surface area contributed by atoms with E-state index in [0.717, 1.165) is 16.3 Å². The molecule has 1 aliphatic rings. The molecule has 2 aromatic rings. The molecule has 1 aromatic carbocycles. The van der Waals surface area contributed by atoms with E-state index in [9.17, 15) is 24.9 Å². The Hall–Kier alpha value is -2.63. The van der Waals surface area contributed by atoms with Gasteiger partial charge >= 0.3 is 5.69 Å². The molecule has 2 heterocycles. The quantitative estimate of drug-likeness (QED) is 0.374. The Kier molecular flexibility index (Phi) is 5.87. The average Bonchev–Trinajstić information content (AvgIpc) is 2.98. The molecule has 0 saturated carbocycles. The van der Waals surface area contributed by atoms with Crippen LogP contribution in [0.1, 0.15) is 12.0 Å². The lowest BCUT2D eigenvalue weighted by molar-refractivity contribution is -0.176. The van der Waals surface area contributed by atoms with E-state index in [4.69, 9.17) is 9.94 Å². The van der Waals surface area contributed by atoms with Crippen LogP contribution in [0.3, 0.4) is 0 Å². The highest BCUT2D eigenvalue weighted by Crippen LogP contribution is 2.37. The van der Waals surface area contributed by atoms with Crippen LogP contribution in [0.2, 0.25) is 0 Å². The lowest BCUT2D eigenvalue weighted by Gasteiger charge is -2.32. The van der Waals surface area contributed by atoms with Gasteiger partial charge in [-0.1, -0.05) is 30.3 Å². The normalized spacial score (nSPS) is 26.9. The van der Waals surface area contributed by atoms with Gasteiger partial charge in [0.05, 0.1) is 6.61 Å². The molecular formula is C18H21N3O7. The van der Waals surface area contributed by atoms with E-state index >= 15 is 0 Å². The molecule has 0 unspecified atom stereocenters. The van der Waals surface area contributed by atoms with E-state index < -0.39 is 42.1 Å². The van der Waals surface area contributed by atoms with Crippen molar-refractivity contribution in [1.82, 2.24) is 9.55 Å². The van der Waals surface area contributed by atoms with Gasteiger partial charge < -0.3 is 20.1 Å². The molecule has 0 amide bonds. The third-order valence-corrected chi connectivity index (χ3v) is 4.78. The Bertz CT molecular complexity index is 888. The second-order valence-corrected chi connectivity index (χ2v) is 6.46. The molecular weight excluding hydrogens is 370 g/mol. The number of aryl methyl sites for hydroxylation is 1. The summed E-state index contributed by atoms with van der Waals surface area (Å²) >= 11 is 0. The number of aliphatic hydroxyl groups excluding tert-OH is 3. The van der Waals surface area contributed by atoms with E-state index in [-0.39, 0.29) is 12.2 Å². The number of carbonyl (C=O) groups excluding carboxylic acids is 1. The monoisotopic (exact) mass is 391 g/mol. The topological polar surface area (TPSA) is 154 Å². The van der Waals surface area contributed by atoms with Gasteiger partial charge in [0.1, 0.15) is 18.3 Å². The zero-order valence-corrected chi connectivity index (χ0v) is 14.8. The second-order valence-electron chi connectivity index (χ2n) is 6.46. The molecule has 1 aliphatic heterocycles. The Morgan fingerprint density at radius 3 is 2.54 bits per heavy atom. The molecule has 0 spiro atoms. The SMILES string of the molecule is O=C(CCc1ccccc1)[C@@]1(n2ccc(NO)nc2=O)O[C@H](CO)[C@@H](O)[C@H]1O. The number of hydrogen-bond acceptors (Lipinski definition) is 9. The van der Waals surface area contributed by atoms with E-state index in [1.807, 2.05) is 30.3 Å². The van der Waals surface area contributed by atoms with Crippen LogP contribution in [0.4, 0.5) is 5.82 Å². The first-order chi connectivity index (χ1) is 13.4. The zero-order chi connectivity index (χ0) is 20.3. The lowest BCUT2D eigenvalue weighted by atomic mass is 9.94. The number of anilines is 1. The van der Waals surface area contributed by atoms with Crippen LogP contribution >= 0.6 is 0 Å². The maximum Gasteiger partial charge on any atom is 0.352 e. The highest BCUT2D eigenvalue weighted by atomic mass is 16.6. The third-order valence-electron chi connectivity index (χ3n) is 4.78. The molecule has 5 N–H and O–H groups in total. The van der Waals surface area contributed by atoms with Crippen molar-refractivity contribution in [2.24, 2.45) is 0 Å². The maximum atomic E-state index is 13.1. The van der Waals surface area contributed by atoms with Crippen molar-refractivity contribution in [3.05, 3.63) is 58.6 Å². The summed E-state index contributed by atoms with van der Waals surface area (Å²) in [5, 5.41) is 39.1. The van der Waals surface area contributed by atoms with Crippen molar-refractivity contribution in [2.45, 2.75) is 36.9 Å². The molecule has 10 heteroatoms. The van der Waals surface area contributed by atoms with Crippen molar-refractivity contribution in [1.29, 1.82) is 0 Å². The first-order valence-electron chi connectivity index (χ1n) is 8.66. The summed E-state index contributed by atoms with van der Waals surface area (Å²) < 4.78 is 6.32. The predicted octanol–water partition coefficient (Wildman–Crippen LogP) is -0.988. The molecule has 28 heavy (non-hydrogen) atoms. The molecule has 4 atom stereocenters. The standard InChI is InChI=1S/C18H21N3O7/c22-10-12-15(24)16(25)18(28-12,21-9-8-14(20-27)19-17(21)26)13(23)7-6-11-4-2-1-3-5-11/h1-5,8-9,12,15-16,22,24-25,27H,6-7,10H2,(H,19,20,26)/t12-,15-,16-,18-/m1/s1. The molecule has 150 valence electrons. The number of nitrogens with zero attached hydrogens (tertiary/aromatic N) is 2. The summed E-state index contributed by atoms with van der Waals surface area (Å²) in [7, 11) is 0. The third kappa shape index (κ3) is 3.43. The van der Waals surface area contributed by atoms with Gasteiger partial charge in [0.25, 0.3) is 0 Å². The molecule has 0 radical (unpaired) electrons. The van der Waals surface area contributed by atoms with Crippen molar-refractivity contribution < 1.29 is 30.1 Å². The van der Waals surface area contributed by atoms with Gasteiger partial charge in [0.2, 0.25) is 5.72 Å². The van der Waals surface area contributed by atoms with Crippen LogP contribution in [-0.2, 0) is 21.7 Å². The van der Waals surface area contributed by atoms with Crippen molar-refractivity contribution in [2.75, 3.05) is 12.1 Å². The summed E-state index contributed by atoms with van der Waals surface area (Å²) in [6, 6.07) is 10.3. The minimum atomic E-state index is -2.25. The summed E-state index contributed by atoms with van der Waals surface area (Å²) in [5.74, 6) is -0.827. The van der Waals surface area contributed by atoms with Crippen LogP contribution in [-0.4, -0.2) is 60.8 Å². The Morgan fingerprint density at radius 2 is 1.96 bits per heavy atom. The number of ether oxygens (including phenoxy) is 1. The Balaban J connectivity index is 2.00. The number of nitrogens with one attached hydrogen (secondary N) is 1. The van der Waals surface area contributed by atoms with Gasteiger partial charge in [-0.2, -0.15) is 4.98 Å². The zero-order valence-electron chi connectivity index (χ0n) is 14.8. The second kappa shape index (κ2) is 8.17. The van der Waals surface area contributed by atoms with Gasteiger partial charge in [-0.15, -0.1) is 0 Å². The number of hydrogen-bond donors (Lipinski definition) is 5. The average molecular weight is 391 g/mol. The number of Topliss-reactive ketones (excluding diaryl/α,β-unsaturated/α-hetero) is 1. The smallest absolute Gasteiger partial charge is 0.352 e. The molecule has 0 bridgehead atoms. The van der Waals surface area contributed by atoms with Crippen molar-refractivity contribution in [3.8, 4) is 0 Å². The highest BCUT2D eigenvalue weighted by Gasteiger charge is 2.60. The molecule has 3 rings (SSSR count). The fourth-order valence-electron chi connectivity index (χ4n) is 3.31. The van der Waals surface area contributed by atoms with E-state index in [0.29, 0.717) is 6.42 Å². The van der Waals surface area contributed by atoms with E-state index in [2.05, 4.69) is 4.98 Å². The van der Waals surface area contributed by atoms with Gasteiger partial charge in [0, 0.05) is 12.6 Å². The van der Waals surface area contributed by atoms with Crippen LogP contribution in [0.25, 0.3) is 0 Å². The van der Waals surface area contributed by atoms with E-state index in [1.165, 1.54) is 6.07 Å². The minimum Gasteiger partial charge on any atom is -0.394 e. The number of benzene rings is 1. The van der Waals surface area contributed by atoms with E-state index in [1.54, 1.807) is 5.48 Å². The number of rotatable bonds is 7. The summed E-state index contributed by atoms with van der Waals surface area (Å²) in [5.41, 5.74) is -0.663. The number of aromatic nitrogens is 2. The largest absolute Gasteiger partial charge is 0.394 e. The fraction of sp³-hybridized carbons (Fsp3) is 0.389. The number of ketones is 1. The fourth-order valence-corrected chi connectivity index (χ4v) is 3.31. The summed E-state index contributed by atoms with van der Waals surface area (Å²) in [6.07, 6.45) is -3.33. The first kappa shape index (κ1) is 20.1. The van der Waals surface area contributed by atoms with Gasteiger partial charge in [0.15, 0.2) is 11.6 Å². The molecule has 1 aromatic heterocycles.